The number of aliphatic hydroxyl groups is 1. The van der Waals surface area contributed by atoms with E-state index in [0.717, 1.165) is 0 Å². The summed E-state index contributed by atoms with van der Waals surface area (Å²) in [7, 11) is 0. The molecule has 5 heteroatoms. The average Bonchev–Trinajstić information content (AvgIpc) is 1.62. The number of rotatable bonds is 2. The van der Waals surface area contributed by atoms with E-state index in [0.29, 0.717) is 0 Å². The van der Waals surface area contributed by atoms with Crippen LogP contribution in [0.15, 0.2) is 0 Å². The minimum atomic E-state index is -4.51. The van der Waals surface area contributed by atoms with E-state index in [4.69, 9.17) is 5.11 Å². The lowest BCUT2D eigenvalue weighted by Crippen LogP contribution is -2.18. The van der Waals surface area contributed by atoms with Crippen LogP contribution >= 0.6 is 0 Å². The number of alkyl halides is 4. The van der Waals surface area contributed by atoms with Crippen molar-refractivity contribution in [2.45, 2.75) is 18.8 Å². The Kier molecular flexibility index (Phi) is 2.90. The molecular formula is C4H6F4O. The standard InChI is InChI=1S/C4H6F4O/c5-3(2-9)1-4(6,7)8/h3,9H,1-2H2. The van der Waals surface area contributed by atoms with Crippen LogP contribution < -0.4 is 0 Å². The first kappa shape index (κ1) is 8.68. The number of hydrogen-bond donors (Lipinski definition) is 1. The molecule has 0 radical (unpaired) electrons. The summed E-state index contributed by atoms with van der Waals surface area (Å²) in [6, 6.07) is 0. The average molecular weight is 146 g/mol. The van der Waals surface area contributed by atoms with Crippen LogP contribution in [0.3, 0.4) is 0 Å². The lowest BCUT2D eigenvalue weighted by Gasteiger charge is -2.06. The van der Waals surface area contributed by atoms with Crippen molar-refractivity contribution in [3.8, 4) is 0 Å². The molecule has 0 aliphatic heterocycles. The molecule has 0 spiro atoms. The van der Waals surface area contributed by atoms with Crippen LogP contribution in [0.2, 0.25) is 0 Å². The van der Waals surface area contributed by atoms with Crippen molar-refractivity contribution in [1.29, 1.82) is 0 Å². The minimum Gasteiger partial charge on any atom is -0.393 e. The number of aliphatic hydroxyl groups excluding tert-OH is 1. The molecule has 0 aromatic rings. The molecule has 9 heavy (non-hydrogen) atoms. The highest BCUT2D eigenvalue weighted by Crippen LogP contribution is 2.22. The highest BCUT2D eigenvalue weighted by molar-refractivity contribution is 4.59. The molecule has 0 aromatic carbocycles. The first-order valence-corrected chi connectivity index (χ1v) is 2.27. The summed E-state index contributed by atoms with van der Waals surface area (Å²) in [5.74, 6) is 0. The molecule has 1 nitrogen and oxygen atoms in total. The SMILES string of the molecule is OCC(F)CC(F)(F)F. The second-order valence-electron chi connectivity index (χ2n) is 1.60. The van der Waals surface area contributed by atoms with Gasteiger partial charge in [0.25, 0.3) is 0 Å². The van der Waals surface area contributed by atoms with Gasteiger partial charge in [-0.15, -0.1) is 0 Å². The van der Waals surface area contributed by atoms with E-state index >= 15 is 0 Å². The third-order valence-corrected chi connectivity index (χ3v) is 0.651. The molecular weight excluding hydrogens is 140 g/mol. The molecule has 56 valence electrons. The monoisotopic (exact) mass is 146 g/mol. The topological polar surface area (TPSA) is 20.2 Å². The maximum absolute atomic E-state index is 11.7. The van der Waals surface area contributed by atoms with Crippen LogP contribution in [-0.2, 0) is 0 Å². The minimum absolute atomic E-state index is 1.07. The predicted molar refractivity (Wildman–Crippen MR) is 22.7 cm³/mol. The largest absolute Gasteiger partial charge is 0.393 e. The molecule has 0 heterocycles. The van der Waals surface area contributed by atoms with Gasteiger partial charge < -0.3 is 5.11 Å². The maximum atomic E-state index is 11.7. The quantitative estimate of drug-likeness (QED) is 0.581. The molecule has 1 N–H and O–H groups in total. The van der Waals surface area contributed by atoms with Crippen LogP contribution in [-0.4, -0.2) is 24.1 Å². The van der Waals surface area contributed by atoms with Crippen LogP contribution in [0, 0.1) is 0 Å². The Bertz CT molecular complexity index is 79.1. The number of hydrogen-bond acceptors (Lipinski definition) is 1. The van der Waals surface area contributed by atoms with Gasteiger partial charge in [0.05, 0.1) is 13.0 Å². The summed E-state index contributed by atoms with van der Waals surface area (Å²) < 4.78 is 45.1. The molecule has 0 saturated carbocycles. The highest BCUT2D eigenvalue weighted by atomic mass is 19.4. The fourth-order valence-corrected chi connectivity index (χ4v) is 0.316. The molecule has 0 amide bonds. The predicted octanol–water partition coefficient (Wildman–Crippen LogP) is 1.27. The van der Waals surface area contributed by atoms with Crippen molar-refractivity contribution in [3.63, 3.8) is 0 Å². The van der Waals surface area contributed by atoms with E-state index < -0.39 is 25.4 Å². The molecule has 1 atom stereocenters. The van der Waals surface area contributed by atoms with Gasteiger partial charge in [0.1, 0.15) is 6.17 Å². The Labute approximate surface area is 49.3 Å². The Morgan fingerprint density at radius 1 is 1.33 bits per heavy atom. The Hall–Kier alpha value is -0.320. The first-order valence-electron chi connectivity index (χ1n) is 2.27. The lowest BCUT2D eigenvalue weighted by molar-refractivity contribution is -0.149. The summed E-state index contributed by atoms with van der Waals surface area (Å²) in [6.07, 6.45) is -8.25. The molecule has 0 aromatic heterocycles. The maximum Gasteiger partial charge on any atom is 0.391 e. The zero-order valence-electron chi connectivity index (χ0n) is 4.45. The molecule has 0 aliphatic rings. The van der Waals surface area contributed by atoms with Crippen molar-refractivity contribution in [1.82, 2.24) is 0 Å². The molecule has 0 saturated heterocycles. The van der Waals surface area contributed by atoms with E-state index in [9.17, 15) is 17.6 Å². The van der Waals surface area contributed by atoms with Crippen molar-refractivity contribution in [2.75, 3.05) is 6.61 Å². The van der Waals surface area contributed by atoms with Crippen molar-refractivity contribution in [3.05, 3.63) is 0 Å². The second-order valence-corrected chi connectivity index (χ2v) is 1.60. The van der Waals surface area contributed by atoms with Crippen molar-refractivity contribution < 1.29 is 22.7 Å². The fraction of sp³-hybridized carbons (Fsp3) is 1.00. The van der Waals surface area contributed by atoms with E-state index in [1.807, 2.05) is 0 Å². The molecule has 0 fully saturated rings. The second kappa shape index (κ2) is 3.00. The zero-order valence-corrected chi connectivity index (χ0v) is 4.45. The molecule has 1 unspecified atom stereocenters. The van der Waals surface area contributed by atoms with Gasteiger partial charge in [-0.3, -0.25) is 0 Å². The van der Waals surface area contributed by atoms with Gasteiger partial charge in [-0.25, -0.2) is 4.39 Å². The van der Waals surface area contributed by atoms with Crippen LogP contribution in [0.1, 0.15) is 6.42 Å². The van der Waals surface area contributed by atoms with Gasteiger partial charge in [0.2, 0.25) is 0 Å². The van der Waals surface area contributed by atoms with Gasteiger partial charge in [0, 0.05) is 0 Å². The third kappa shape index (κ3) is 5.55. The Balaban J connectivity index is 3.47. The third-order valence-electron chi connectivity index (χ3n) is 0.651. The summed E-state index contributed by atoms with van der Waals surface area (Å²) in [5, 5.41) is 7.82. The van der Waals surface area contributed by atoms with Gasteiger partial charge in [0.15, 0.2) is 0 Å². The zero-order chi connectivity index (χ0) is 7.49. The Morgan fingerprint density at radius 3 is 1.89 bits per heavy atom. The first-order chi connectivity index (χ1) is 3.95. The van der Waals surface area contributed by atoms with Crippen LogP contribution in [0.25, 0.3) is 0 Å². The van der Waals surface area contributed by atoms with E-state index in [1.54, 1.807) is 0 Å². The van der Waals surface area contributed by atoms with Crippen molar-refractivity contribution >= 4 is 0 Å². The van der Waals surface area contributed by atoms with Gasteiger partial charge in [-0.2, -0.15) is 13.2 Å². The van der Waals surface area contributed by atoms with E-state index in [1.165, 1.54) is 0 Å². The normalized spacial score (nSPS) is 15.7. The van der Waals surface area contributed by atoms with Gasteiger partial charge in [-0.1, -0.05) is 0 Å². The highest BCUT2D eigenvalue weighted by Gasteiger charge is 2.31. The van der Waals surface area contributed by atoms with Crippen LogP contribution in [0.5, 0.6) is 0 Å². The molecule has 0 aliphatic carbocycles. The number of halogens is 4. The Morgan fingerprint density at radius 2 is 1.78 bits per heavy atom. The summed E-state index contributed by atoms with van der Waals surface area (Å²) >= 11 is 0. The smallest absolute Gasteiger partial charge is 0.391 e. The summed E-state index contributed by atoms with van der Waals surface area (Å²) in [5.41, 5.74) is 0. The summed E-state index contributed by atoms with van der Waals surface area (Å²) in [6.45, 7) is -1.07. The summed E-state index contributed by atoms with van der Waals surface area (Å²) in [4.78, 5) is 0. The van der Waals surface area contributed by atoms with E-state index in [2.05, 4.69) is 0 Å². The lowest BCUT2D eigenvalue weighted by atomic mass is 10.3. The van der Waals surface area contributed by atoms with Gasteiger partial charge >= 0.3 is 6.18 Å². The van der Waals surface area contributed by atoms with Crippen LogP contribution in [0.4, 0.5) is 17.6 Å². The van der Waals surface area contributed by atoms with Gasteiger partial charge in [-0.05, 0) is 0 Å². The van der Waals surface area contributed by atoms with E-state index in [-0.39, 0.29) is 0 Å². The van der Waals surface area contributed by atoms with Crippen molar-refractivity contribution in [2.24, 2.45) is 0 Å². The fourth-order valence-electron chi connectivity index (χ4n) is 0.316. The molecule has 0 rings (SSSR count). The molecule has 0 bridgehead atoms.